The first-order valence-corrected chi connectivity index (χ1v) is 3.72. The third-order valence-electron chi connectivity index (χ3n) is 1.09. The molecule has 0 fully saturated rings. The molecular formula is C5H9BrIN5. The molecule has 0 saturated carbocycles. The molecule has 12 heavy (non-hydrogen) atoms. The van der Waals surface area contributed by atoms with E-state index >= 15 is 0 Å². The van der Waals surface area contributed by atoms with Gasteiger partial charge in [-0.05, 0) is 15.9 Å². The number of rotatable bonds is 2. The van der Waals surface area contributed by atoms with Gasteiger partial charge in [0.25, 0.3) is 0 Å². The van der Waals surface area contributed by atoms with Gasteiger partial charge in [-0.25, -0.2) is 4.99 Å². The Bertz CT molecular complexity index is 267. The van der Waals surface area contributed by atoms with Gasteiger partial charge < -0.3 is 11.5 Å². The van der Waals surface area contributed by atoms with Crippen molar-refractivity contribution in [3.8, 4) is 0 Å². The van der Waals surface area contributed by atoms with E-state index in [-0.39, 0.29) is 29.9 Å². The molecule has 5 N–H and O–H groups in total. The van der Waals surface area contributed by atoms with Crippen molar-refractivity contribution in [2.24, 2.45) is 16.5 Å². The number of halogens is 2. The van der Waals surface area contributed by atoms with Crippen molar-refractivity contribution in [2.75, 3.05) is 0 Å². The number of aromatic amines is 1. The second kappa shape index (κ2) is 5.36. The first-order chi connectivity index (χ1) is 5.20. The monoisotopic (exact) mass is 345 g/mol. The Morgan fingerprint density at radius 2 is 2.33 bits per heavy atom. The number of aromatic nitrogens is 2. The lowest BCUT2D eigenvalue weighted by atomic mass is 10.4. The van der Waals surface area contributed by atoms with Crippen LogP contribution in [-0.4, -0.2) is 16.2 Å². The minimum absolute atomic E-state index is 0. The number of hydrogen-bond acceptors (Lipinski definition) is 2. The van der Waals surface area contributed by atoms with E-state index in [0.29, 0.717) is 6.54 Å². The Labute approximate surface area is 95.1 Å². The fourth-order valence-corrected chi connectivity index (χ4v) is 0.896. The summed E-state index contributed by atoms with van der Waals surface area (Å²) in [6, 6.07) is 0. The van der Waals surface area contributed by atoms with E-state index in [1.807, 2.05) is 0 Å². The summed E-state index contributed by atoms with van der Waals surface area (Å²) in [6.45, 7) is 0.420. The van der Waals surface area contributed by atoms with Gasteiger partial charge in [0, 0.05) is 0 Å². The van der Waals surface area contributed by atoms with Crippen LogP contribution in [0.5, 0.6) is 0 Å². The summed E-state index contributed by atoms with van der Waals surface area (Å²) in [7, 11) is 0. The number of nitrogens with zero attached hydrogens (tertiary/aromatic N) is 2. The molecule has 0 saturated heterocycles. The molecule has 0 atom stereocenters. The quantitative estimate of drug-likeness (QED) is 0.415. The standard InChI is InChI=1S/C5H8BrN5.HI/c6-3-1-10-11-4(3)2-9-5(7)8;/h1H,2H2,(H,10,11)(H4,7,8,9);1H. The number of hydrogen-bond donors (Lipinski definition) is 3. The van der Waals surface area contributed by atoms with Gasteiger partial charge in [-0.2, -0.15) is 5.10 Å². The van der Waals surface area contributed by atoms with E-state index < -0.39 is 0 Å². The Balaban J connectivity index is 0.00000121. The van der Waals surface area contributed by atoms with E-state index in [4.69, 9.17) is 11.5 Å². The molecule has 0 bridgehead atoms. The Morgan fingerprint density at radius 1 is 1.67 bits per heavy atom. The lowest BCUT2D eigenvalue weighted by molar-refractivity contribution is 0.939. The molecule has 5 nitrogen and oxygen atoms in total. The van der Waals surface area contributed by atoms with Gasteiger partial charge in [0.2, 0.25) is 0 Å². The van der Waals surface area contributed by atoms with Crippen LogP contribution in [0.4, 0.5) is 0 Å². The number of nitrogens with one attached hydrogen (secondary N) is 1. The second-order valence-corrected chi connectivity index (χ2v) is 2.79. The van der Waals surface area contributed by atoms with Crippen molar-refractivity contribution >= 4 is 45.9 Å². The van der Waals surface area contributed by atoms with Crippen molar-refractivity contribution in [1.82, 2.24) is 10.2 Å². The number of nitrogens with two attached hydrogens (primary N) is 2. The Hall–Kier alpha value is -0.310. The van der Waals surface area contributed by atoms with Crippen LogP contribution in [0.2, 0.25) is 0 Å². The third kappa shape index (κ3) is 3.39. The topological polar surface area (TPSA) is 93.1 Å². The zero-order valence-corrected chi connectivity index (χ0v) is 10.0. The summed E-state index contributed by atoms with van der Waals surface area (Å²) in [5, 5.41) is 6.52. The van der Waals surface area contributed by atoms with Crippen LogP contribution in [0, 0.1) is 0 Å². The molecule has 0 radical (unpaired) electrons. The number of aliphatic imine (C=N–C) groups is 1. The molecule has 68 valence electrons. The molecule has 0 aliphatic carbocycles. The maximum atomic E-state index is 5.14. The number of guanidine groups is 1. The van der Waals surface area contributed by atoms with Crippen LogP contribution in [0.3, 0.4) is 0 Å². The van der Waals surface area contributed by atoms with Crippen LogP contribution >= 0.6 is 39.9 Å². The second-order valence-electron chi connectivity index (χ2n) is 1.94. The largest absolute Gasteiger partial charge is 0.370 e. The van der Waals surface area contributed by atoms with Crippen molar-refractivity contribution < 1.29 is 0 Å². The highest BCUT2D eigenvalue weighted by Crippen LogP contribution is 2.12. The minimum Gasteiger partial charge on any atom is -0.370 e. The van der Waals surface area contributed by atoms with Crippen molar-refractivity contribution in [3.05, 3.63) is 16.4 Å². The van der Waals surface area contributed by atoms with Crippen LogP contribution in [0.15, 0.2) is 15.7 Å². The molecule has 1 aromatic heterocycles. The fourth-order valence-electron chi connectivity index (χ4n) is 0.579. The zero-order chi connectivity index (χ0) is 8.27. The maximum Gasteiger partial charge on any atom is 0.186 e. The van der Waals surface area contributed by atoms with Crippen LogP contribution in [0.25, 0.3) is 0 Å². The average molecular weight is 346 g/mol. The molecule has 7 heteroatoms. The molecule has 0 aliphatic rings. The molecule has 0 amide bonds. The van der Waals surface area contributed by atoms with Gasteiger partial charge in [-0.1, -0.05) is 0 Å². The minimum atomic E-state index is 0. The summed E-state index contributed by atoms with van der Waals surface area (Å²) in [4.78, 5) is 3.80. The summed E-state index contributed by atoms with van der Waals surface area (Å²) in [6.07, 6.45) is 1.65. The molecule has 0 unspecified atom stereocenters. The molecule has 1 heterocycles. The van der Waals surface area contributed by atoms with E-state index in [2.05, 4.69) is 31.1 Å². The maximum absolute atomic E-state index is 5.14. The van der Waals surface area contributed by atoms with Gasteiger partial charge in [0.05, 0.1) is 22.9 Å². The SMILES string of the molecule is I.NC(N)=NCc1[nH]ncc1Br. The predicted octanol–water partition coefficient (Wildman–Crippen LogP) is 0.564. The van der Waals surface area contributed by atoms with Gasteiger partial charge in [-0.3, -0.25) is 5.10 Å². The van der Waals surface area contributed by atoms with E-state index in [9.17, 15) is 0 Å². The van der Waals surface area contributed by atoms with E-state index in [1.54, 1.807) is 6.20 Å². The van der Waals surface area contributed by atoms with Crippen molar-refractivity contribution in [3.63, 3.8) is 0 Å². The number of H-pyrrole nitrogens is 1. The highest BCUT2D eigenvalue weighted by atomic mass is 127. The average Bonchev–Trinajstić information content (AvgIpc) is 2.31. The van der Waals surface area contributed by atoms with E-state index in [1.165, 1.54) is 0 Å². The smallest absolute Gasteiger partial charge is 0.186 e. The zero-order valence-electron chi connectivity index (χ0n) is 6.12. The molecule has 1 rings (SSSR count). The van der Waals surface area contributed by atoms with Gasteiger partial charge in [-0.15, -0.1) is 24.0 Å². The fraction of sp³-hybridized carbons (Fsp3) is 0.200. The lowest BCUT2D eigenvalue weighted by Crippen LogP contribution is -2.22. The first-order valence-electron chi connectivity index (χ1n) is 2.93. The van der Waals surface area contributed by atoms with Crippen molar-refractivity contribution in [2.45, 2.75) is 6.54 Å². The molecule has 0 aliphatic heterocycles. The lowest BCUT2D eigenvalue weighted by Gasteiger charge is -1.92. The molecule has 0 aromatic carbocycles. The van der Waals surface area contributed by atoms with Crippen molar-refractivity contribution in [1.29, 1.82) is 0 Å². The van der Waals surface area contributed by atoms with Crippen LogP contribution < -0.4 is 11.5 Å². The normalized spacial score (nSPS) is 8.75. The van der Waals surface area contributed by atoms with Crippen LogP contribution in [0.1, 0.15) is 5.69 Å². The van der Waals surface area contributed by atoms with Crippen LogP contribution in [-0.2, 0) is 6.54 Å². The predicted molar refractivity (Wildman–Crippen MR) is 61.2 cm³/mol. The van der Waals surface area contributed by atoms with Gasteiger partial charge in [0.1, 0.15) is 0 Å². The third-order valence-corrected chi connectivity index (χ3v) is 1.77. The molecule has 0 spiro atoms. The highest BCUT2D eigenvalue weighted by molar-refractivity contribution is 14.0. The first kappa shape index (κ1) is 11.7. The van der Waals surface area contributed by atoms with Gasteiger partial charge in [0.15, 0.2) is 5.96 Å². The van der Waals surface area contributed by atoms with Gasteiger partial charge >= 0.3 is 0 Å². The van der Waals surface area contributed by atoms with E-state index in [0.717, 1.165) is 10.2 Å². The summed E-state index contributed by atoms with van der Waals surface area (Å²) < 4.78 is 0.877. The molecule has 1 aromatic rings. The summed E-state index contributed by atoms with van der Waals surface area (Å²) in [5.74, 6) is 0.0755. The summed E-state index contributed by atoms with van der Waals surface area (Å²) in [5.41, 5.74) is 11.1. The molecular weight excluding hydrogens is 337 g/mol. The summed E-state index contributed by atoms with van der Waals surface area (Å²) >= 11 is 3.27. The Kier molecular flexibility index (Phi) is 5.22. The Morgan fingerprint density at radius 3 is 2.75 bits per heavy atom. The highest BCUT2D eigenvalue weighted by Gasteiger charge is 1.98.